The smallest absolute Gasteiger partial charge is 0.137 e. The van der Waals surface area contributed by atoms with Crippen molar-refractivity contribution in [2.24, 2.45) is 0 Å². The van der Waals surface area contributed by atoms with Gasteiger partial charge in [0.1, 0.15) is 17.3 Å². The van der Waals surface area contributed by atoms with Gasteiger partial charge in [-0.1, -0.05) is 113 Å². The van der Waals surface area contributed by atoms with Gasteiger partial charge in [-0.3, -0.25) is 4.57 Å². The predicted molar refractivity (Wildman–Crippen MR) is 223 cm³/mol. The summed E-state index contributed by atoms with van der Waals surface area (Å²) in [5, 5.41) is 7.54. The molecule has 7 aromatic rings. The third-order valence-electron chi connectivity index (χ3n) is 10.4. The summed E-state index contributed by atoms with van der Waals surface area (Å²) in [6.45, 7) is 26.9. The molecular formula is C48H54N4O. The summed E-state index contributed by atoms with van der Waals surface area (Å²) in [7, 11) is 0. The van der Waals surface area contributed by atoms with Gasteiger partial charge in [-0.25, -0.2) is 9.67 Å². The van der Waals surface area contributed by atoms with Crippen LogP contribution in [0.15, 0.2) is 103 Å². The standard InChI is InChI=1S/C48H54N4O/c1-30(2)45-44(32-16-14-13-15-17-32)31(3)50-52(45)36-24-35(48(10,11)12)25-38(28-36)53-37-19-20-39-40-26-33(46(4,5)6)18-21-41(40)51(42(39)29-37)43-27-34(22-23-49-43)47(7,8)9/h13-30H,1-12H3. The summed E-state index contributed by atoms with van der Waals surface area (Å²) in [5.41, 5.74) is 11.4. The summed E-state index contributed by atoms with van der Waals surface area (Å²) >= 11 is 0. The Bertz CT molecular complexity index is 2460. The van der Waals surface area contributed by atoms with Crippen LogP contribution in [-0.2, 0) is 16.2 Å². The van der Waals surface area contributed by atoms with E-state index < -0.39 is 0 Å². The van der Waals surface area contributed by atoms with Gasteiger partial charge in [0.2, 0.25) is 0 Å². The highest BCUT2D eigenvalue weighted by molar-refractivity contribution is 6.09. The first kappa shape index (κ1) is 36.2. The molecule has 0 N–H and O–H groups in total. The van der Waals surface area contributed by atoms with Crippen molar-refractivity contribution in [1.82, 2.24) is 19.3 Å². The van der Waals surface area contributed by atoms with Gasteiger partial charge in [-0.2, -0.15) is 5.10 Å². The second kappa shape index (κ2) is 13.1. The van der Waals surface area contributed by atoms with E-state index in [1.54, 1.807) is 0 Å². The number of aromatic nitrogens is 4. The van der Waals surface area contributed by atoms with Crippen molar-refractivity contribution in [3.8, 4) is 34.1 Å². The van der Waals surface area contributed by atoms with E-state index >= 15 is 0 Å². The van der Waals surface area contributed by atoms with E-state index in [9.17, 15) is 0 Å². The molecule has 0 bridgehead atoms. The third kappa shape index (κ3) is 6.90. The maximum atomic E-state index is 6.87. The summed E-state index contributed by atoms with van der Waals surface area (Å²) in [6, 6.07) is 34.9. The van der Waals surface area contributed by atoms with Crippen LogP contribution in [0.2, 0.25) is 0 Å². The molecule has 5 nitrogen and oxygen atoms in total. The number of rotatable bonds is 6. The number of fused-ring (bicyclic) bond motifs is 3. The molecule has 0 unspecified atom stereocenters. The average Bonchev–Trinajstić information content (AvgIpc) is 3.61. The minimum atomic E-state index is -0.110. The van der Waals surface area contributed by atoms with Gasteiger partial charge in [0, 0.05) is 34.7 Å². The molecule has 3 aromatic heterocycles. The van der Waals surface area contributed by atoms with Gasteiger partial charge in [-0.05, 0) is 99.9 Å². The lowest BCUT2D eigenvalue weighted by atomic mass is 9.86. The van der Waals surface area contributed by atoms with Crippen LogP contribution in [-0.4, -0.2) is 19.3 Å². The van der Waals surface area contributed by atoms with Crippen LogP contribution in [0.5, 0.6) is 11.5 Å². The Morgan fingerprint density at radius 3 is 1.94 bits per heavy atom. The van der Waals surface area contributed by atoms with Gasteiger partial charge in [-0.15, -0.1) is 0 Å². The van der Waals surface area contributed by atoms with Crippen molar-refractivity contribution in [2.45, 2.75) is 105 Å². The van der Waals surface area contributed by atoms with Crippen LogP contribution >= 0.6 is 0 Å². The summed E-state index contributed by atoms with van der Waals surface area (Å²) < 4.78 is 11.3. The molecule has 0 fully saturated rings. The minimum Gasteiger partial charge on any atom is -0.457 e. The monoisotopic (exact) mass is 702 g/mol. The van der Waals surface area contributed by atoms with Crippen molar-refractivity contribution in [3.63, 3.8) is 0 Å². The first-order valence-electron chi connectivity index (χ1n) is 18.9. The molecule has 0 spiro atoms. The number of nitrogens with zero attached hydrogens (tertiary/aromatic N) is 4. The van der Waals surface area contributed by atoms with Crippen LogP contribution in [0, 0.1) is 6.92 Å². The highest BCUT2D eigenvalue weighted by Crippen LogP contribution is 2.40. The SMILES string of the molecule is Cc1nn(-c2cc(Oc3ccc4c5cc(C(C)(C)C)ccc5n(-c5cc(C(C)(C)C)ccn5)c4c3)cc(C(C)(C)C)c2)c(C(C)C)c1-c1ccccc1. The first-order chi connectivity index (χ1) is 24.9. The second-order valence-corrected chi connectivity index (χ2v) is 18.0. The van der Waals surface area contributed by atoms with Crippen molar-refractivity contribution in [3.05, 3.63) is 131 Å². The zero-order valence-electron chi connectivity index (χ0n) is 33.6. The first-order valence-corrected chi connectivity index (χ1v) is 18.9. The maximum absolute atomic E-state index is 6.87. The van der Waals surface area contributed by atoms with Gasteiger partial charge in [0.05, 0.1) is 28.1 Å². The fourth-order valence-corrected chi connectivity index (χ4v) is 7.36. The van der Waals surface area contributed by atoms with Crippen LogP contribution in [0.1, 0.15) is 110 Å². The molecule has 0 aliphatic heterocycles. The topological polar surface area (TPSA) is 44.9 Å². The third-order valence-corrected chi connectivity index (χ3v) is 10.4. The highest BCUT2D eigenvalue weighted by Gasteiger charge is 2.24. The average molecular weight is 703 g/mol. The van der Waals surface area contributed by atoms with E-state index in [-0.39, 0.29) is 22.2 Å². The molecule has 0 radical (unpaired) electrons. The van der Waals surface area contributed by atoms with Crippen LogP contribution in [0.4, 0.5) is 0 Å². The van der Waals surface area contributed by atoms with Crippen LogP contribution in [0.25, 0.3) is 44.4 Å². The van der Waals surface area contributed by atoms with E-state index in [1.165, 1.54) is 44.3 Å². The quantitative estimate of drug-likeness (QED) is 0.173. The number of aryl methyl sites for hydroxylation is 1. The van der Waals surface area contributed by atoms with Crippen LogP contribution in [0.3, 0.4) is 0 Å². The van der Waals surface area contributed by atoms with Crippen molar-refractivity contribution < 1.29 is 4.74 Å². The normalized spacial score (nSPS) is 12.7. The minimum absolute atomic E-state index is 0.00961. The Morgan fingerprint density at radius 1 is 0.604 bits per heavy atom. The Kier molecular flexibility index (Phi) is 8.92. The van der Waals surface area contributed by atoms with E-state index in [4.69, 9.17) is 14.8 Å². The fraction of sp³-hybridized carbons (Fsp3) is 0.333. The molecule has 7 rings (SSSR count). The number of benzene rings is 4. The number of hydrogen-bond donors (Lipinski definition) is 0. The highest BCUT2D eigenvalue weighted by atomic mass is 16.5. The summed E-state index contributed by atoms with van der Waals surface area (Å²) in [6.07, 6.45) is 1.93. The lowest BCUT2D eigenvalue weighted by Gasteiger charge is -2.22. The van der Waals surface area contributed by atoms with Crippen LogP contribution < -0.4 is 4.74 Å². The predicted octanol–water partition coefficient (Wildman–Crippen LogP) is 13.1. The lowest BCUT2D eigenvalue weighted by Crippen LogP contribution is -2.13. The van der Waals surface area contributed by atoms with E-state index in [1.807, 2.05) is 6.20 Å². The molecule has 0 amide bonds. The largest absolute Gasteiger partial charge is 0.457 e. The van der Waals surface area contributed by atoms with Gasteiger partial charge in [0.25, 0.3) is 0 Å². The molecule has 0 aliphatic rings. The second-order valence-electron chi connectivity index (χ2n) is 18.0. The molecule has 4 aromatic carbocycles. The van der Waals surface area contributed by atoms with E-state index in [0.717, 1.165) is 39.7 Å². The number of pyridine rings is 1. The van der Waals surface area contributed by atoms with Gasteiger partial charge >= 0.3 is 0 Å². The van der Waals surface area contributed by atoms with Crippen molar-refractivity contribution in [2.75, 3.05) is 0 Å². The van der Waals surface area contributed by atoms with Crippen molar-refractivity contribution in [1.29, 1.82) is 0 Å². The summed E-state index contributed by atoms with van der Waals surface area (Å²) in [5.74, 6) is 2.70. The molecule has 3 heterocycles. The maximum Gasteiger partial charge on any atom is 0.137 e. The fourth-order valence-electron chi connectivity index (χ4n) is 7.36. The Hall–Kier alpha value is -5.16. The molecule has 0 aliphatic carbocycles. The lowest BCUT2D eigenvalue weighted by molar-refractivity contribution is 0.478. The molecular weight excluding hydrogens is 649 g/mol. The Balaban J connectivity index is 1.40. The zero-order chi connectivity index (χ0) is 38.0. The summed E-state index contributed by atoms with van der Waals surface area (Å²) in [4.78, 5) is 4.93. The molecule has 0 atom stereocenters. The Labute approximate surface area is 315 Å². The van der Waals surface area contributed by atoms with E-state index in [0.29, 0.717) is 0 Å². The molecule has 272 valence electrons. The molecule has 0 saturated carbocycles. The van der Waals surface area contributed by atoms with Gasteiger partial charge < -0.3 is 4.74 Å². The zero-order valence-corrected chi connectivity index (χ0v) is 33.6. The van der Waals surface area contributed by atoms with Crippen molar-refractivity contribution >= 4 is 21.8 Å². The van der Waals surface area contributed by atoms with E-state index in [2.05, 4.69) is 189 Å². The molecule has 5 heteroatoms. The molecule has 53 heavy (non-hydrogen) atoms. The molecule has 0 saturated heterocycles. The number of hydrogen-bond acceptors (Lipinski definition) is 3. The van der Waals surface area contributed by atoms with Gasteiger partial charge in [0.15, 0.2) is 0 Å². The number of ether oxygens (including phenoxy) is 1. The Morgan fingerprint density at radius 2 is 1.28 bits per heavy atom.